The van der Waals surface area contributed by atoms with Gasteiger partial charge in [0.15, 0.2) is 0 Å². The first-order chi connectivity index (χ1) is 7.08. The first-order valence-corrected chi connectivity index (χ1v) is 6.14. The van der Waals surface area contributed by atoms with Gasteiger partial charge >= 0.3 is 5.97 Å². The lowest BCUT2D eigenvalue weighted by molar-refractivity contribution is -0.136. The SMILES string of the molecule is O=NP(=O)(CCC(=O)O)c1ccccc1. The van der Waals surface area contributed by atoms with Crippen LogP contribution < -0.4 is 5.30 Å². The summed E-state index contributed by atoms with van der Waals surface area (Å²) in [5.74, 6) is -1.09. The van der Waals surface area contributed by atoms with Crippen molar-refractivity contribution in [3.05, 3.63) is 35.2 Å². The molecule has 6 heteroatoms. The number of benzene rings is 1. The summed E-state index contributed by atoms with van der Waals surface area (Å²) in [4.78, 5) is 23.5. The Hall–Kier alpha value is -1.48. The van der Waals surface area contributed by atoms with Gasteiger partial charge in [-0.2, -0.15) is 0 Å². The minimum atomic E-state index is -3.42. The summed E-state index contributed by atoms with van der Waals surface area (Å²) in [7, 11) is -3.42. The van der Waals surface area contributed by atoms with Crippen molar-refractivity contribution in [1.82, 2.24) is 0 Å². The zero-order valence-corrected chi connectivity index (χ0v) is 8.76. The Kier molecular flexibility index (Phi) is 3.74. The second kappa shape index (κ2) is 4.84. The fourth-order valence-electron chi connectivity index (χ4n) is 1.13. The van der Waals surface area contributed by atoms with Crippen LogP contribution in [0.5, 0.6) is 0 Å². The topological polar surface area (TPSA) is 83.8 Å². The summed E-state index contributed by atoms with van der Waals surface area (Å²) in [6, 6.07) is 8.02. The quantitative estimate of drug-likeness (QED) is 0.614. The van der Waals surface area contributed by atoms with Crippen molar-refractivity contribution in [3.8, 4) is 0 Å². The molecule has 1 atom stereocenters. The van der Waals surface area contributed by atoms with Crippen LogP contribution in [0.3, 0.4) is 0 Å². The summed E-state index contributed by atoms with van der Waals surface area (Å²) in [6.45, 7) is 0. The van der Waals surface area contributed by atoms with Crippen LogP contribution in [0.15, 0.2) is 35.3 Å². The van der Waals surface area contributed by atoms with E-state index in [1.165, 1.54) is 12.1 Å². The van der Waals surface area contributed by atoms with Crippen LogP contribution in [0.1, 0.15) is 6.42 Å². The molecule has 1 aromatic rings. The molecule has 0 aliphatic heterocycles. The summed E-state index contributed by atoms with van der Waals surface area (Å²) < 4.78 is 11.9. The highest BCUT2D eigenvalue weighted by molar-refractivity contribution is 7.70. The first kappa shape index (κ1) is 11.6. The van der Waals surface area contributed by atoms with Crippen molar-refractivity contribution in [2.45, 2.75) is 6.42 Å². The maximum atomic E-state index is 11.9. The Morgan fingerprint density at radius 2 is 1.93 bits per heavy atom. The summed E-state index contributed by atoms with van der Waals surface area (Å²) in [6.07, 6.45) is -0.548. The third-order valence-corrected chi connectivity index (χ3v) is 4.12. The molecule has 0 fully saturated rings. The molecule has 0 saturated carbocycles. The second-order valence-corrected chi connectivity index (χ2v) is 5.52. The zero-order chi connectivity index (χ0) is 11.3. The fraction of sp³-hybridized carbons (Fsp3) is 0.222. The number of carbonyl (C=O) groups is 1. The molecule has 1 rings (SSSR count). The van der Waals surface area contributed by atoms with Gasteiger partial charge in [-0.1, -0.05) is 18.2 Å². The van der Waals surface area contributed by atoms with Gasteiger partial charge in [-0.25, -0.2) is 0 Å². The van der Waals surface area contributed by atoms with Gasteiger partial charge in [0.2, 0.25) is 0 Å². The smallest absolute Gasteiger partial charge is 0.303 e. The van der Waals surface area contributed by atoms with Crippen molar-refractivity contribution in [2.24, 2.45) is 4.95 Å². The molecule has 0 radical (unpaired) electrons. The average Bonchev–Trinajstić information content (AvgIpc) is 2.27. The van der Waals surface area contributed by atoms with E-state index >= 15 is 0 Å². The molecule has 0 bridgehead atoms. The lowest BCUT2D eigenvalue weighted by atomic mass is 10.4. The Labute approximate surface area is 86.5 Å². The number of aliphatic carboxylic acids is 1. The molecular formula is C9H10NO4P. The van der Waals surface area contributed by atoms with E-state index in [1.54, 1.807) is 18.2 Å². The maximum Gasteiger partial charge on any atom is 0.303 e. The molecule has 0 heterocycles. The van der Waals surface area contributed by atoms with E-state index in [0.717, 1.165) is 0 Å². The van der Waals surface area contributed by atoms with Gasteiger partial charge in [-0.3, -0.25) is 9.36 Å². The highest BCUT2D eigenvalue weighted by Crippen LogP contribution is 2.46. The third kappa shape index (κ3) is 2.99. The van der Waals surface area contributed by atoms with Crippen LogP contribution in [0.2, 0.25) is 0 Å². The van der Waals surface area contributed by atoms with Crippen LogP contribution in [-0.2, 0) is 9.36 Å². The Bertz CT molecular complexity index is 404. The third-order valence-electron chi connectivity index (χ3n) is 1.92. The minimum absolute atomic E-state index is 0.226. The number of carboxylic acids is 1. The molecule has 0 aliphatic carbocycles. The molecule has 0 amide bonds. The van der Waals surface area contributed by atoms with Crippen molar-refractivity contribution in [1.29, 1.82) is 0 Å². The number of carboxylic acid groups (broad SMARTS) is 1. The van der Waals surface area contributed by atoms with E-state index < -0.39 is 13.3 Å². The van der Waals surface area contributed by atoms with Crippen LogP contribution in [0.4, 0.5) is 0 Å². The molecule has 0 saturated heterocycles. The second-order valence-electron chi connectivity index (χ2n) is 2.99. The zero-order valence-electron chi connectivity index (χ0n) is 7.87. The van der Waals surface area contributed by atoms with Gasteiger partial charge in [0.05, 0.1) is 6.42 Å². The molecule has 0 aromatic heterocycles. The van der Waals surface area contributed by atoms with E-state index in [4.69, 9.17) is 5.11 Å². The number of rotatable bonds is 5. The normalized spacial score (nSPS) is 14.1. The van der Waals surface area contributed by atoms with Crippen LogP contribution in [0.25, 0.3) is 0 Å². The first-order valence-electron chi connectivity index (χ1n) is 4.30. The highest BCUT2D eigenvalue weighted by Gasteiger charge is 2.26. The van der Waals surface area contributed by atoms with Gasteiger partial charge in [-0.05, 0) is 17.1 Å². The largest absolute Gasteiger partial charge is 0.481 e. The molecular weight excluding hydrogens is 217 g/mol. The lowest BCUT2D eigenvalue weighted by Gasteiger charge is -2.07. The molecule has 0 spiro atoms. The number of hydrogen-bond donors (Lipinski definition) is 1. The van der Waals surface area contributed by atoms with E-state index in [9.17, 15) is 14.3 Å². The van der Waals surface area contributed by atoms with Gasteiger partial charge < -0.3 is 5.11 Å². The number of nitroso groups, excluding NO2 is 1. The average molecular weight is 227 g/mol. The van der Waals surface area contributed by atoms with E-state index in [-0.39, 0.29) is 12.6 Å². The van der Waals surface area contributed by atoms with Crippen LogP contribution in [0, 0.1) is 4.91 Å². The monoisotopic (exact) mass is 227 g/mol. The van der Waals surface area contributed by atoms with Gasteiger partial charge in [0, 0.05) is 11.5 Å². The number of hydrogen-bond acceptors (Lipinski definition) is 3. The predicted molar refractivity (Wildman–Crippen MR) is 56.6 cm³/mol. The maximum absolute atomic E-state index is 11.9. The van der Waals surface area contributed by atoms with Crippen molar-refractivity contribution in [2.75, 3.05) is 6.16 Å². The highest BCUT2D eigenvalue weighted by atomic mass is 31.2. The van der Waals surface area contributed by atoms with Gasteiger partial charge in [0.1, 0.15) is 0 Å². The Morgan fingerprint density at radius 1 is 1.33 bits per heavy atom. The molecule has 80 valence electrons. The molecule has 15 heavy (non-hydrogen) atoms. The molecule has 0 aliphatic rings. The van der Waals surface area contributed by atoms with Crippen molar-refractivity contribution >= 4 is 18.6 Å². The van der Waals surface area contributed by atoms with E-state index in [2.05, 4.69) is 4.95 Å². The van der Waals surface area contributed by atoms with Crippen molar-refractivity contribution < 1.29 is 14.5 Å². The minimum Gasteiger partial charge on any atom is -0.481 e. The standard InChI is InChI=1S/C9H10NO4P/c11-9(12)6-7-15(14,10-13)8-4-2-1-3-5-8/h1-5H,6-7H2,(H,11,12). The summed E-state index contributed by atoms with van der Waals surface area (Å²) in [5.41, 5.74) is 0. The van der Waals surface area contributed by atoms with Crippen LogP contribution >= 0.6 is 7.29 Å². The van der Waals surface area contributed by atoms with Gasteiger partial charge in [0.25, 0.3) is 7.29 Å². The summed E-state index contributed by atoms with van der Waals surface area (Å²) >= 11 is 0. The molecule has 1 unspecified atom stereocenters. The van der Waals surface area contributed by atoms with Crippen LogP contribution in [-0.4, -0.2) is 17.2 Å². The molecule has 1 N–H and O–H groups in total. The van der Waals surface area contributed by atoms with Crippen molar-refractivity contribution in [3.63, 3.8) is 0 Å². The van der Waals surface area contributed by atoms with E-state index in [1.807, 2.05) is 0 Å². The fourth-order valence-corrected chi connectivity index (χ4v) is 2.69. The summed E-state index contributed by atoms with van der Waals surface area (Å²) in [5, 5.41) is 8.76. The lowest BCUT2D eigenvalue weighted by Crippen LogP contribution is -2.08. The van der Waals surface area contributed by atoms with Gasteiger partial charge in [-0.15, -0.1) is 4.91 Å². The molecule has 5 nitrogen and oxygen atoms in total. The number of nitrogens with zero attached hydrogens (tertiary/aromatic N) is 1. The Balaban J connectivity index is 2.91. The Morgan fingerprint density at radius 3 is 2.40 bits per heavy atom. The van der Waals surface area contributed by atoms with E-state index in [0.29, 0.717) is 5.30 Å². The molecule has 1 aromatic carbocycles. The predicted octanol–water partition coefficient (Wildman–Crippen LogP) is 1.83.